The van der Waals surface area contributed by atoms with Crippen molar-refractivity contribution in [2.45, 2.75) is 12.1 Å². The molecule has 2 aromatic carbocycles. The summed E-state index contributed by atoms with van der Waals surface area (Å²) in [7, 11) is 4.18. The molecule has 4 nitrogen and oxygen atoms in total. The monoisotopic (exact) mass is 283 g/mol. The van der Waals surface area contributed by atoms with Crippen LogP contribution in [0, 0.1) is 0 Å². The van der Waals surface area contributed by atoms with Gasteiger partial charge in [-0.25, -0.2) is 5.43 Å². The third kappa shape index (κ3) is 3.24. The van der Waals surface area contributed by atoms with Gasteiger partial charge in [-0.1, -0.05) is 30.3 Å². The summed E-state index contributed by atoms with van der Waals surface area (Å²) < 4.78 is 5.83. The predicted octanol–water partition coefficient (Wildman–Crippen LogP) is 2.56. The molecule has 2 atom stereocenters. The molecule has 0 aromatic heterocycles. The summed E-state index contributed by atoms with van der Waals surface area (Å²) in [5.74, 6) is 2.16. The van der Waals surface area contributed by atoms with E-state index in [1.165, 1.54) is 5.56 Å². The zero-order valence-corrected chi connectivity index (χ0v) is 12.4. The molecule has 1 fully saturated rings. The molecular formula is C17H21N3O. The van der Waals surface area contributed by atoms with Gasteiger partial charge in [0.15, 0.2) is 0 Å². The van der Waals surface area contributed by atoms with E-state index in [2.05, 4.69) is 42.0 Å². The lowest BCUT2D eigenvalue weighted by Gasteiger charge is -2.25. The number of nitrogens with one attached hydrogen (secondary N) is 2. The number of hydrogen-bond donors (Lipinski definition) is 2. The molecule has 2 unspecified atom stereocenters. The molecule has 0 radical (unpaired) electrons. The van der Waals surface area contributed by atoms with Crippen LogP contribution in [0.4, 0.5) is 0 Å². The van der Waals surface area contributed by atoms with Crippen molar-refractivity contribution in [3.63, 3.8) is 0 Å². The molecular weight excluding hydrogens is 262 g/mol. The fourth-order valence-corrected chi connectivity index (χ4v) is 2.68. The average molecular weight is 283 g/mol. The number of ether oxygens (including phenoxy) is 1. The Kier molecular flexibility index (Phi) is 4.20. The van der Waals surface area contributed by atoms with E-state index in [9.17, 15) is 0 Å². The normalized spacial score (nSPS) is 21.7. The Morgan fingerprint density at radius 3 is 2.29 bits per heavy atom. The molecule has 0 saturated carbocycles. The SMILES string of the molecule is CN(C)C1NNCC1c1ccc(Oc2ccccc2)cc1. The highest BCUT2D eigenvalue weighted by Gasteiger charge is 2.29. The summed E-state index contributed by atoms with van der Waals surface area (Å²) >= 11 is 0. The Bertz CT molecular complexity index is 568. The molecule has 2 aromatic rings. The number of hydrazine groups is 1. The van der Waals surface area contributed by atoms with E-state index < -0.39 is 0 Å². The summed E-state index contributed by atoms with van der Waals surface area (Å²) in [5.41, 5.74) is 7.85. The second-order valence-corrected chi connectivity index (χ2v) is 5.52. The van der Waals surface area contributed by atoms with Gasteiger partial charge < -0.3 is 4.74 Å². The molecule has 0 aliphatic carbocycles. The van der Waals surface area contributed by atoms with E-state index in [4.69, 9.17) is 4.74 Å². The Balaban J connectivity index is 1.72. The van der Waals surface area contributed by atoms with Gasteiger partial charge >= 0.3 is 0 Å². The first-order valence-corrected chi connectivity index (χ1v) is 7.22. The summed E-state index contributed by atoms with van der Waals surface area (Å²) in [6, 6.07) is 18.2. The molecule has 1 aliphatic heterocycles. The lowest BCUT2D eigenvalue weighted by molar-refractivity contribution is 0.246. The average Bonchev–Trinajstić information content (AvgIpc) is 2.99. The van der Waals surface area contributed by atoms with E-state index in [-0.39, 0.29) is 0 Å². The summed E-state index contributed by atoms with van der Waals surface area (Å²) in [6.45, 7) is 0.932. The summed E-state index contributed by atoms with van der Waals surface area (Å²) in [5, 5.41) is 0. The molecule has 2 N–H and O–H groups in total. The zero-order valence-electron chi connectivity index (χ0n) is 12.4. The van der Waals surface area contributed by atoms with Crippen molar-refractivity contribution >= 4 is 0 Å². The van der Waals surface area contributed by atoms with Crippen LogP contribution >= 0.6 is 0 Å². The minimum Gasteiger partial charge on any atom is -0.457 e. The van der Waals surface area contributed by atoms with Crippen molar-refractivity contribution < 1.29 is 4.74 Å². The van der Waals surface area contributed by atoms with E-state index in [0.29, 0.717) is 12.1 Å². The van der Waals surface area contributed by atoms with E-state index in [0.717, 1.165) is 18.0 Å². The maximum Gasteiger partial charge on any atom is 0.127 e. The minimum absolute atomic E-state index is 0.311. The third-order valence-corrected chi connectivity index (χ3v) is 3.80. The molecule has 4 heteroatoms. The van der Waals surface area contributed by atoms with Crippen LogP contribution in [-0.4, -0.2) is 31.7 Å². The van der Waals surface area contributed by atoms with Gasteiger partial charge in [0, 0.05) is 12.5 Å². The van der Waals surface area contributed by atoms with Crippen molar-refractivity contribution in [3.05, 3.63) is 60.2 Å². The summed E-state index contributed by atoms with van der Waals surface area (Å²) in [4.78, 5) is 2.19. The number of hydrogen-bond acceptors (Lipinski definition) is 4. The standard InChI is InChI=1S/C17H21N3O/c1-20(2)17-16(12-18-19-17)13-8-10-15(11-9-13)21-14-6-4-3-5-7-14/h3-11,16-19H,12H2,1-2H3. The van der Waals surface area contributed by atoms with Crippen molar-refractivity contribution in [1.82, 2.24) is 15.8 Å². The van der Waals surface area contributed by atoms with Gasteiger partial charge in [-0.2, -0.15) is 0 Å². The molecule has 1 heterocycles. The van der Waals surface area contributed by atoms with Gasteiger partial charge in [0.1, 0.15) is 11.5 Å². The van der Waals surface area contributed by atoms with E-state index in [1.54, 1.807) is 0 Å². The lowest BCUT2D eigenvalue weighted by atomic mass is 9.97. The zero-order chi connectivity index (χ0) is 14.7. The van der Waals surface area contributed by atoms with Crippen LogP contribution in [0.1, 0.15) is 11.5 Å². The number of likely N-dealkylation sites (N-methyl/N-ethyl adjacent to an activating group) is 1. The quantitative estimate of drug-likeness (QED) is 0.904. The molecule has 0 amide bonds. The van der Waals surface area contributed by atoms with Crippen molar-refractivity contribution in [2.75, 3.05) is 20.6 Å². The molecule has 3 rings (SSSR count). The van der Waals surface area contributed by atoms with E-state index >= 15 is 0 Å². The van der Waals surface area contributed by atoms with Gasteiger partial charge in [0.2, 0.25) is 0 Å². The lowest BCUT2D eigenvalue weighted by Crippen LogP contribution is -2.42. The first-order valence-electron chi connectivity index (χ1n) is 7.22. The van der Waals surface area contributed by atoms with Crippen LogP contribution in [0.5, 0.6) is 11.5 Å². The number of para-hydroxylation sites is 1. The van der Waals surface area contributed by atoms with Crippen molar-refractivity contribution in [3.8, 4) is 11.5 Å². The van der Waals surface area contributed by atoms with Gasteiger partial charge in [0.05, 0.1) is 6.17 Å². The van der Waals surface area contributed by atoms with Crippen LogP contribution in [0.15, 0.2) is 54.6 Å². The maximum atomic E-state index is 5.83. The maximum absolute atomic E-state index is 5.83. The van der Waals surface area contributed by atoms with Crippen LogP contribution < -0.4 is 15.6 Å². The van der Waals surface area contributed by atoms with Gasteiger partial charge in [-0.05, 0) is 43.9 Å². The highest BCUT2D eigenvalue weighted by atomic mass is 16.5. The Labute approximate surface area is 125 Å². The highest BCUT2D eigenvalue weighted by Crippen LogP contribution is 2.27. The number of rotatable bonds is 4. The molecule has 1 saturated heterocycles. The second kappa shape index (κ2) is 6.26. The Hall–Kier alpha value is -1.88. The Morgan fingerprint density at radius 1 is 0.952 bits per heavy atom. The second-order valence-electron chi connectivity index (χ2n) is 5.52. The van der Waals surface area contributed by atoms with Crippen molar-refractivity contribution in [2.24, 2.45) is 0 Å². The molecule has 0 bridgehead atoms. The first kappa shape index (κ1) is 14.1. The van der Waals surface area contributed by atoms with Crippen LogP contribution in [-0.2, 0) is 0 Å². The first-order chi connectivity index (χ1) is 10.2. The van der Waals surface area contributed by atoms with Gasteiger partial charge in [-0.15, -0.1) is 0 Å². The fourth-order valence-electron chi connectivity index (χ4n) is 2.68. The van der Waals surface area contributed by atoms with Gasteiger partial charge in [0.25, 0.3) is 0 Å². The van der Waals surface area contributed by atoms with Crippen LogP contribution in [0.25, 0.3) is 0 Å². The molecule has 0 spiro atoms. The molecule has 1 aliphatic rings. The minimum atomic E-state index is 0.311. The van der Waals surface area contributed by atoms with Crippen LogP contribution in [0.3, 0.4) is 0 Å². The topological polar surface area (TPSA) is 36.5 Å². The number of benzene rings is 2. The Morgan fingerprint density at radius 2 is 1.62 bits per heavy atom. The van der Waals surface area contributed by atoms with Crippen LogP contribution in [0.2, 0.25) is 0 Å². The van der Waals surface area contributed by atoms with E-state index in [1.807, 2.05) is 42.5 Å². The van der Waals surface area contributed by atoms with Gasteiger partial charge in [-0.3, -0.25) is 10.3 Å². The largest absolute Gasteiger partial charge is 0.457 e. The molecule has 110 valence electrons. The third-order valence-electron chi connectivity index (χ3n) is 3.80. The number of nitrogens with zero attached hydrogens (tertiary/aromatic N) is 1. The molecule has 21 heavy (non-hydrogen) atoms. The summed E-state index contributed by atoms with van der Waals surface area (Å²) in [6.07, 6.45) is 0.311. The highest BCUT2D eigenvalue weighted by molar-refractivity contribution is 5.34. The van der Waals surface area contributed by atoms with Crippen molar-refractivity contribution in [1.29, 1.82) is 0 Å². The predicted molar refractivity (Wildman–Crippen MR) is 84.3 cm³/mol. The smallest absolute Gasteiger partial charge is 0.127 e. The fraction of sp³-hybridized carbons (Fsp3) is 0.294.